The van der Waals surface area contributed by atoms with Crippen LogP contribution in [0.1, 0.15) is 0 Å². The first-order chi connectivity index (χ1) is 8.52. The van der Waals surface area contributed by atoms with E-state index < -0.39 is 0 Å². The number of aromatic nitrogens is 2. The number of hydrogen-bond donors (Lipinski definition) is 2. The van der Waals surface area contributed by atoms with E-state index in [1.807, 2.05) is 0 Å². The molecule has 0 bridgehead atoms. The van der Waals surface area contributed by atoms with Crippen molar-refractivity contribution in [1.29, 1.82) is 0 Å². The van der Waals surface area contributed by atoms with Crippen LogP contribution in [-0.2, 0) is 0 Å². The molecule has 0 aliphatic heterocycles. The van der Waals surface area contributed by atoms with Crippen molar-refractivity contribution >= 4 is 46.6 Å². The normalized spacial score (nSPS) is 10.4. The minimum absolute atomic E-state index is 0.301. The van der Waals surface area contributed by atoms with Crippen LogP contribution in [0.3, 0.4) is 0 Å². The third-order valence-corrected chi connectivity index (χ3v) is 3.35. The zero-order valence-electron chi connectivity index (χ0n) is 9.34. The molecule has 0 aliphatic rings. The number of anilines is 2. The van der Waals surface area contributed by atoms with E-state index in [0.717, 1.165) is 0 Å². The molecule has 1 heterocycles. The van der Waals surface area contributed by atoms with Crippen LogP contribution >= 0.6 is 34.8 Å². The molecule has 0 atom stereocenters. The van der Waals surface area contributed by atoms with Gasteiger partial charge in [0.15, 0.2) is 0 Å². The first kappa shape index (κ1) is 13.2. The Hall–Kier alpha value is -1.23. The van der Waals surface area contributed by atoms with E-state index in [9.17, 15) is 0 Å². The summed E-state index contributed by atoms with van der Waals surface area (Å²) in [5.41, 5.74) is 7.05. The molecule has 3 N–H and O–H groups in total. The van der Waals surface area contributed by atoms with Crippen molar-refractivity contribution in [1.82, 2.24) is 9.97 Å². The van der Waals surface area contributed by atoms with Crippen molar-refractivity contribution in [2.75, 3.05) is 18.1 Å². The van der Waals surface area contributed by atoms with Crippen LogP contribution in [0.2, 0.25) is 15.1 Å². The van der Waals surface area contributed by atoms with Crippen molar-refractivity contribution < 1.29 is 0 Å². The van der Waals surface area contributed by atoms with Gasteiger partial charge in [0.1, 0.15) is 5.82 Å². The molecule has 2 rings (SSSR count). The average molecular weight is 304 g/mol. The summed E-state index contributed by atoms with van der Waals surface area (Å²) in [7, 11) is 1.71. The second kappa shape index (κ2) is 5.18. The molecule has 0 saturated heterocycles. The lowest BCUT2D eigenvalue weighted by Crippen LogP contribution is -2.01. The average Bonchev–Trinajstić information content (AvgIpc) is 2.34. The Morgan fingerprint density at radius 2 is 1.89 bits per heavy atom. The van der Waals surface area contributed by atoms with Gasteiger partial charge in [-0.05, 0) is 12.1 Å². The summed E-state index contributed by atoms with van der Waals surface area (Å²) in [6.45, 7) is 0. The Morgan fingerprint density at radius 3 is 2.50 bits per heavy atom. The molecular weight excluding hydrogens is 295 g/mol. The molecule has 7 heteroatoms. The Labute approximate surface area is 119 Å². The van der Waals surface area contributed by atoms with Gasteiger partial charge in [-0.1, -0.05) is 34.8 Å². The molecule has 2 aromatic rings. The monoisotopic (exact) mass is 302 g/mol. The number of halogens is 3. The van der Waals surface area contributed by atoms with Gasteiger partial charge in [0.2, 0.25) is 5.95 Å². The van der Waals surface area contributed by atoms with E-state index >= 15 is 0 Å². The fraction of sp³-hybridized carbons (Fsp3) is 0.0909. The highest BCUT2D eigenvalue weighted by molar-refractivity contribution is 6.45. The molecule has 1 aromatic heterocycles. The van der Waals surface area contributed by atoms with Crippen molar-refractivity contribution in [2.24, 2.45) is 0 Å². The fourth-order valence-corrected chi connectivity index (χ4v) is 2.18. The van der Waals surface area contributed by atoms with Gasteiger partial charge in [0.05, 0.1) is 10.0 Å². The van der Waals surface area contributed by atoms with Gasteiger partial charge >= 0.3 is 0 Å². The Balaban J connectivity index is 2.62. The standard InChI is InChI=1S/C11H9Cl3N4/c1-16-11-17-4-7(10(15)18-11)6-2-5(12)3-8(13)9(6)14/h2-4H,1H3,(H3,15,16,17,18). The minimum atomic E-state index is 0.301. The van der Waals surface area contributed by atoms with Crippen molar-refractivity contribution in [3.63, 3.8) is 0 Å². The molecule has 0 radical (unpaired) electrons. The number of benzene rings is 1. The molecule has 0 fully saturated rings. The maximum Gasteiger partial charge on any atom is 0.224 e. The van der Waals surface area contributed by atoms with E-state index in [0.29, 0.717) is 38.0 Å². The van der Waals surface area contributed by atoms with Crippen LogP contribution in [0.15, 0.2) is 18.3 Å². The van der Waals surface area contributed by atoms with Crippen molar-refractivity contribution in [3.05, 3.63) is 33.4 Å². The number of nitrogens with one attached hydrogen (secondary N) is 1. The summed E-state index contributed by atoms with van der Waals surface area (Å²) >= 11 is 18.0. The molecule has 0 spiro atoms. The maximum atomic E-state index is 6.13. The van der Waals surface area contributed by atoms with Gasteiger partial charge in [0.25, 0.3) is 0 Å². The summed E-state index contributed by atoms with van der Waals surface area (Å²) in [6.07, 6.45) is 1.57. The lowest BCUT2D eigenvalue weighted by atomic mass is 10.1. The molecule has 0 aliphatic carbocycles. The lowest BCUT2D eigenvalue weighted by molar-refractivity contribution is 1.16. The number of nitrogen functional groups attached to an aromatic ring is 1. The summed E-state index contributed by atoms with van der Waals surface area (Å²) < 4.78 is 0. The van der Waals surface area contributed by atoms with E-state index in [2.05, 4.69) is 15.3 Å². The van der Waals surface area contributed by atoms with Gasteiger partial charge in [0, 0.05) is 29.4 Å². The van der Waals surface area contributed by atoms with Crippen LogP contribution < -0.4 is 11.1 Å². The summed E-state index contributed by atoms with van der Waals surface area (Å²) in [4.78, 5) is 8.17. The maximum absolute atomic E-state index is 6.13. The molecule has 0 amide bonds. The largest absolute Gasteiger partial charge is 0.383 e. The van der Waals surface area contributed by atoms with Crippen LogP contribution in [0.5, 0.6) is 0 Å². The number of nitrogens with zero attached hydrogens (tertiary/aromatic N) is 2. The van der Waals surface area contributed by atoms with Crippen LogP contribution in [0.25, 0.3) is 11.1 Å². The van der Waals surface area contributed by atoms with Crippen LogP contribution in [0, 0.1) is 0 Å². The number of hydrogen-bond acceptors (Lipinski definition) is 4. The number of rotatable bonds is 2. The summed E-state index contributed by atoms with van der Waals surface area (Å²) in [6, 6.07) is 3.23. The summed E-state index contributed by atoms with van der Waals surface area (Å²) in [5.74, 6) is 0.732. The lowest BCUT2D eigenvalue weighted by Gasteiger charge is -2.09. The topological polar surface area (TPSA) is 63.8 Å². The van der Waals surface area contributed by atoms with Gasteiger partial charge in [-0.3, -0.25) is 0 Å². The van der Waals surface area contributed by atoms with Crippen molar-refractivity contribution in [3.8, 4) is 11.1 Å². The van der Waals surface area contributed by atoms with Gasteiger partial charge < -0.3 is 11.1 Å². The molecule has 0 saturated carbocycles. The highest BCUT2D eigenvalue weighted by Crippen LogP contribution is 2.38. The van der Waals surface area contributed by atoms with Gasteiger partial charge in [-0.2, -0.15) is 4.98 Å². The Morgan fingerprint density at radius 1 is 1.17 bits per heavy atom. The van der Waals surface area contributed by atoms with Crippen LogP contribution in [0.4, 0.5) is 11.8 Å². The zero-order valence-corrected chi connectivity index (χ0v) is 11.6. The van der Waals surface area contributed by atoms with Gasteiger partial charge in [-0.15, -0.1) is 0 Å². The third kappa shape index (κ3) is 2.46. The highest BCUT2D eigenvalue weighted by atomic mass is 35.5. The van der Waals surface area contributed by atoms with E-state index in [-0.39, 0.29) is 0 Å². The summed E-state index contributed by atoms with van der Waals surface area (Å²) in [5, 5.41) is 3.99. The highest BCUT2D eigenvalue weighted by Gasteiger charge is 2.13. The number of nitrogens with two attached hydrogens (primary N) is 1. The molecule has 1 aromatic carbocycles. The van der Waals surface area contributed by atoms with Gasteiger partial charge in [-0.25, -0.2) is 4.98 Å². The molecular formula is C11H9Cl3N4. The zero-order chi connectivity index (χ0) is 13.3. The minimum Gasteiger partial charge on any atom is -0.383 e. The molecule has 94 valence electrons. The quantitative estimate of drug-likeness (QED) is 0.830. The second-order valence-corrected chi connectivity index (χ2v) is 4.71. The Kier molecular flexibility index (Phi) is 3.80. The predicted molar refractivity (Wildman–Crippen MR) is 76.5 cm³/mol. The fourth-order valence-electron chi connectivity index (χ4n) is 1.47. The molecule has 0 unspecified atom stereocenters. The van der Waals surface area contributed by atoms with E-state index in [1.54, 1.807) is 25.4 Å². The third-order valence-electron chi connectivity index (χ3n) is 2.33. The van der Waals surface area contributed by atoms with Crippen molar-refractivity contribution in [2.45, 2.75) is 0 Å². The predicted octanol–water partition coefficient (Wildman–Crippen LogP) is 3.73. The Bertz CT molecular complexity index is 601. The van der Waals surface area contributed by atoms with E-state index in [4.69, 9.17) is 40.5 Å². The first-order valence-corrected chi connectivity index (χ1v) is 6.11. The molecule has 18 heavy (non-hydrogen) atoms. The second-order valence-electron chi connectivity index (χ2n) is 3.49. The molecule has 4 nitrogen and oxygen atoms in total. The van der Waals surface area contributed by atoms with E-state index in [1.165, 1.54) is 0 Å². The SMILES string of the molecule is CNc1ncc(-c2cc(Cl)cc(Cl)c2Cl)c(N)n1. The van der Waals surface area contributed by atoms with Crippen LogP contribution in [-0.4, -0.2) is 17.0 Å². The first-order valence-electron chi connectivity index (χ1n) is 4.98. The smallest absolute Gasteiger partial charge is 0.224 e.